The molecule has 1 aliphatic rings. The first-order valence-corrected chi connectivity index (χ1v) is 11.1. The average Bonchev–Trinajstić information content (AvgIpc) is 2.76. The van der Waals surface area contributed by atoms with Crippen LogP contribution in [0.3, 0.4) is 0 Å². The Morgan fingerprint density at radius 1 is 1.06 bits per heavy atom. The predicted molar refractivity (Wildman–Crippen MR) is 127 cm³/mol. The molecule has 0 fully saturated rings. The van der Waals surface area contributed by atoms with Crippen molar-refractivity contribution in [1.29, 1.82) is 0 Å². The molecule has 1 unspecified atom stereocenters. The standard InChI is InChI=1S/C25H29N3O5/c1-5-7-22(30)18-9-11-23-21(12-18)28(25(32)15(3)33-23)14-24(31)27-20-13-19(26-16(4)29)10-8-17(20)6-2/h8-13,15H,5-7,14H2,1-4H3,(H,26,29)(H,27,31). The van der Waals surface area contributed by atoms with Crippen LogP contribution in [0.15, 0.2) is 36.4 Å². The number of rotatable bonds is 8. The summed E-state index contributed by atoms with van der Waals surface area (Å²) in [7, 11) is 0. The first-order chi connectivity index (χ1) is 15.7. The van der Waals surface area contributed by atoms with Crippen molar-refractivity contribution < 1.29 is 23.9 Å². The predicted octanol–water partition coefficient (Wildman–Crippen LogP) is 3.94. The van der Waals surface area contributed by atoms with E-state index < -0.39 is 12.0 Å². The molecule has 0 aromatic heterocycles. The fourth-order valence-electron chi connectivity index (χ4n) is 3.73. The van der Waals surface area contributed by atoms with Gasteiger partial charge in [0.15, 0.2) is 11.9 Å². The molecule has 2 aromatic rings. The van der Waals surface area contributed by atoms with Crippen molar-refractivity contribution in [3.05, 3.63) is 47.5 Å². The monoisotopic (exact) mass is 451 g/mol. The fourth-order valence-corrected chi connectivity index (χ4v) is 3.73. The lowest BCUT2D eigenvalue weighted by Crippen LogP contribution is -2.47. The number of ether oxygens (including phenoxy) is 1. The zero-order chi connectivity index (χ0) is 24.1. The fraction of sp³-hybridized carbons (Fsp3) is 0.360. The minimum atomic E-state index is -0.753. The molecule has 33 heavy (non-hydrogen) atoms. The van der Waals surface area contributed by atoms with Crippen molar-refractivity contribution in [2.75, 3.05) is 22.1 Å². The minimum Gasteiger partial charge on any atom is -0.479 e. The zero-order valence-corrected chi connectivity index (χ0v) is 19.4. The van der Waals surface area contributed by atoms with E-state index in [2.05, 4.69) is 10.6 Å². The topological polar surface area (TPSA) is 105 Å². The lowest BCUT2D eigenvalue weighted by atomic mass is 10.0. The van der Waals surface area contributed by atoms with Crippen LogP contribution >= 0.6 is 0 Å². The molecule has 8 nitrogen and oxygen atoms in total. The summed E-state index contributed by atoms with van der Waals surface area (Å²) >= 11 is 0. The number of carbonyl (C=O) groups excluding carboxylic acids is 4. The molecule has 0 spiro atoms. The number of nitrogens with zero attached hydrogens (tertiary/aromatic N) is 1. The van der Waals surface area contributed by atoms with E-state index >= 15 is 0 Å². The molecule has 0 saturated heterocycles. The van der Waals surface area contributed by atoms with Crippen molar-refractivity contribution in [2.24, 2.45) is 0 Å². The highest BCUT2D eigenvalue weighted by Gasteiger charge is 2.33. The van der Waals surface area contributed by atoms with Gasteiger partial charge < -0.3 is 15.4 Å². The van der Waals surface area contributed by atoms with Crippen LogP contribution in [0.5, 0.6) is 5.75 Å². The Kier molecular flexibility index (Phi) is 7.48. The van der Waals surface area contributed by atoms with Crippen molar-refractivity contribution in [3.8, 4) is 5.75 Å². The van der Waals surface area contributed by atoms with E-state index in [1.807, 2.05) is 19.9 Å². The zero-order valence-electron chi connectivity index (χ0n) is 19.4. The summed E-state index contributed by atoms with van der Waals surface area (Å²) in [5.41, 5.74) is 2.90. The number of benzene rings is 2. The number of hydrogen-bond acceptors (Lipinski definition) is 5. The van der Waals surface area contributed by atoms with Crippen molar-refractivity contribution >= 4 is 40.6 Å². The van der Waals surface area contributed by atoms with E-state index in [4.69, 9.17) is 4.74 Å². The SMILES string of the molecule is CCCC(=O)c1ccc2c(c1)N(CC(=O)Nc1cc(NC(C)=O)ccc1CC)C(=O)C(C)O2. The van der Waals surface area contributed by atoms with Gasteiger partial charge in [-0.2, -0.15) is 0 Å². The van der Waals surface area contributed by atoms with Gasteiger partial charge >= 0.3 is 0 Å². The number of carbonyl (C=O) groups is 4. The van der Waals surface area contributed by atoms with Gasteiger partial charge in [0, 0.05) is 30.3 Å². The molecule has 0 radical (unpaired) electrons. The van der Waals surface area contributed by atoms with Gasteiger partial charge in [-0.1, -0.05) is 19.9 Å². The molecule has 8 heteroatoms. The third-order valence-corrected chi connectivity index (χ3v) is 5.35. The smallest absolute Gasteiger partial charge is 0.268 e. The number of nitrogens with one attached hydrogen (secondary N) is 2. The molecule has 3 amide bonds. The lowest BCUT2D eigenvalue weighted by Gasteiger charge is -2.33. The van der Waals surface area contributed by atoms with Gasteiger partial charge in [-0.3, -0.25) is 24.1 Å². The van der Waals surface area contributed by atoms with Crippen molar-refractivity contribution in [3.63, 3.8) is 0 Å². The van der Waals surface area contributed by atoms with E-state index in [-0.39, 0.29) is 24.1 Å². The highest BCUT2D eigenvalue weighted by molar-refractivity contribution is 6.07. The Labute approximate surface area is 193 Å². The number of aryl methyl sites for hydroxylation is 1. The Balaban J connectivity index is 1.86. The quantitative estimate of drug-likeness (QED) is 0.592. The second kappa shape index (κ2) is 10.3. The molecule has 1 heterocycles. The molecule has 0 saturated carbocycles. The van der Waals surface area contributed by atoms with Crippen LogP contribution in [-0.2, 0) is 20.8 Å². The Morgan fingerprint density at radius 3 is 2.48 bits per heavy atom. The minimum absolute atomic E-state index is 0.0295. The van der Waals surface area contributed by atoms with Crippen LogP contribution in [0.4, 0.5) is 17.1 Å². The van der Waals surface area contributed by atoms with E-state index in [0.717, 1.165) is 5.56 Å². The summed E-state index contributed by atoms with van der Waals surface area (Å²) in [6.45, 7) is 6.68. The highest BCUT2D eigenvalue weighted by Crippen LogP contribution is 2.35. The molecular weight excluding hydrogens is 422 g/mol. The summed E-state index contributed by atoms with van der Waals surface area (Å²) < 4.78 is 5.68. The van der Waals surface area contributed by atoms with Gasteiger partial charge in [0.05, 0.1) is 5.69 Å². The molecule has 1 aliphatic heterocycles. The van der Waals surface area contributed by atoms with E-state index in [1.165, 1.54) is 11.8 Å². The molecule has 2 N–H and O–H groups in total. The molecule has 0 bridgehead atoms. The third kappa shape index (κ3) is 5.58. The Bertz CT molecular complexity index is 1100. The van der Waals surface area contributed by atoms with E-state index in [1.54, 1.807) is 37.3 Å². The van der Waals surface area contributed by atoms with Crippen molar-refractivity contribution in [1.82, 2.24) is 0 Å². The number of Topliss-reactive ketones (excluding diaryl/α,β-unsaturated/α-hetero) is 1. The second-order valence-electron chi connectivity index (χ2n) is 7.99. The highest BCUT2D eigenvalue weighted by atomic mass is 16.5. The van der Waals surface area contributed by atoms with Gasteiger partial charge in [0.2, 0.25) is 11.8 Å². The lowest BCUT2D eigenvalue weighted by molar-refractivity contribution is -0.127. The average molecular weight is 452 g/mol. The van der Waals surface area contributed by atoms with Gasteiger partial charge in [0.1, 0.15) is 12.3 Å². The number of fused-ring (bicyclic) bond motifs is 1. The maximum Gasteiger partial charge on any atom is 0.268 e. The van der Waals surface area contributed by atoms with Gasteiger partial charge in [-0.15, -0.1) is 0 Å². The normalized spacial score (nSPS) is 14.8. The molecule has 0 aliphatic carbocycles. The van der Waals surface area contributed by atoms with Gasteiger partial charge in [-0.25, -0.2) is 0 Å². The molecular formula is C25H29N3O5. The number of ketones is 1. The molecule has 174 valence electrons. The van der Waals surface area contributed by atoms with Crippen LogP contribution < -0.4 is 20.3 Å². The number of anilines is 3. The summed E-state index contributed by atoms with van der Waals surface area (Å²) in [5, 5.41) is 5.56. The molecule has 2 aromatic carbocycles. The number of amides is 3. The molecule has 3 rings (SSSR count). The first kappa shape index (κ1) is 24.0. The van der Waals surface area contributed by atoms with Crippen LogP contribution in [0.1, 0.15) is 56.5 Å². The third-order valence-electron chi connectivity index (χ3n) is 5.35. The van der Waals surface area contributed by atoms with Gasteiger partial charge in [-0.05, 0) is 55.7 Å². The van der Waals surface area contributed by atoms with E-state index in [9.17, 15) is 19.2 Å². The Hall–Kier alpha value is -3.68. The Morgan fingerprint density at radius 2 is 1.82 bits per heavy atom. The van der Waals surface area contributed by atoms with Gasteiger partial charge in [0.25, 0.3) is 5.91 Å². The van der Waals surface area contributed by atoms with E-state index in [0.29, 0.717) is 47.6 Å². The number of hydrogen-bond donors (Lipinski definition) is 2. The van der Waals surface area contributed by atoms with Crippen LogP contribution in [0, 0.1) is 0 Å². The van der Waals surface area contributed by atoms with Crippen LogP contribution in [-0.4, -0.2) is 36.2 Å². The second-order valence-corrected chi connectivity index (χ2v) is 7.99. The summed E-state index contributed by atoms with van der Waals surface area (Å²) in [6, 6.07) is 10.3. The summed E-state index contributed by atoms with van der Waals surface area (Å²) in [5.74, 6) is -0.554. The summed E-state index contributed by atoms with van der Waals surface area (Å²) in [4.78, 5) is 50.9. The van der Waals surface area contributed by atoms with Crippen molar-refractivity contribution in [2.45, 2.75) is 53.1 Å². The summed E-state index contributed by atoms with van der Waals surface area (Å²) in [6.07, 6.45) is 1.03. The maximum absolute atomic E-state index is 13.0. The maximum atomic E-state index is 13.0. The largest absolute Gasteiger partial charge is 0.479 e. The van der Waals surface area contributed by atoms with Crippen LogP contribution in [0.25, 0.3) is 0 Å². The first-order valence-electron chi connectivity index (χ1n) is 11.1. The molecule has 1 atom stereocenters. The van der Waals surface area contributed by atoms with Crippen LogP contribution in [0.2, 0.25) is 0 Å².